The van der Waals surface area contributed by atoms with E-state index in [1.807, 2.05) is 6.92 Å². The van der Waals surface area contributed by atoms with Crippen LogP contribution >= 0.6 is 0 Å². The molecule has 0 aromatic carbocycles. The summed E-state index contributed by atoms with van der Waals surface area (Å²) in [6.45, 7) is 11.2. The summed E-state index contributed by atoms with van der Waals surface area (Å²) in [7, 11) is 1.35. The van der Waals surface area contributed by atoms with Gasteiger partial charge >= 0.3 is 5.97 Å². The summed E-state index contributed by atoms with van der Waals surface area (Å²) in [6.07, 6.45) is 2.00. The maximum atomic E-state index is 12.5. The number of H-pyrrole nitrogens is 1. The van der Waals surface area contributed by atoms with Gasteiger partial charge in [0, 0.05) is 31.9 Å². The summed E-state index contributed by atoms with van der Waals surface area (Å²) in [5.41, 5.74) is 2.28. The van der Waals surface area contributed by atoms with Crippen molar-refractivity contribution in [2.24, 2.45) is 0 Å². The Bertz CT molecular complexity index is 631. The van der Waals surface area contributed by atoms with Crippen molar-refractivity contribution in [3.8, 4) is 0 Å². The minimum atomic E-state index is -0.412. The largest absolute Gasteiger partial charge is 0.465 e. The third-order valence-electron chi connectivity index (χ3n) is 4.73. The molecule has 1 saturated heterocycles. The van der Waals surface area contributed by atoms with E-state index < -0.39 is 5.97 Å². The van der Waals surface area contributed by atoms with Gasteiger partial charge in [-0.3, -0.25) is 9.69 Å². The number of amides is 1. The number of aryl methyl sites for hydroxylation is 1. The predicted octanol–water partition coefficient (Wildman–Crippen LogP) is 1.90. The van der Waals surface area contributed by atoms with Crippen molar-refractivity contribution >= 4 is 11.9 Å². The fraction of sp³-hybridized carbons (Fsp3) is 0.684. The van der Waals surface area contributed by atoms with E-state index in [0.29, 0.717) is 29.8 Å². The Kier molecular flexibility index (Phi) is 7.23. The Morgan fingerprint density at radius 3 is 2.54 bits per heavy atom. The number of methoxy groups -OCH3 is 1. The quantitative estimate of drug-likeness (QED) is 0.570. The van der Waals surface area contributed by atoms with Gasteiger partial charge < -0.3 is 19.8 Å². The van der Waals surface area contributed by atoms with Gasteiger partial charge in [-0.1, -0.05) is 6.92 Å². The van der Waals surface area contributed by atoms with Crippen LogP contribution in [0.3, 0.4) is 0 Å². The second-order valence-electron chi connectivity index (χ2n) is 6.95. The average Bonchev–Trinajstić information content (AvgIpc) is 2.93. The van der Waals surface area contributed by atoms with Gasteiger partial charge in [-0.15, -0.1) is 0 Å². The van der Waals surface area contributed by atoms with Gasteiger partial charge in [-0.2, -0.15) is 0 Å². The standard InChI is InChI=1S/C19H31N3O4/c1-6-15-16(19(24)25-5)14(4)17(21-15)18(23)20-8-7-9-22-10-12(2)26-13(3)11-22/h12-13,21H,6-11H2,1-5H3,(H,20,23). The van der Waals surface area contributed by atoms with Gasteiger partial charge in [0.2, 0.25) is 0 Å². The summed E-state index contributed by atoms with van der Waals surface area (Å²) >= 11 is 0. The third kappa shape index (κ3) is 4.86. The molecule has 1 aromatic heterocycles. The second kappa shape index (κ2) is 9.19. The molecule has 0 spiro atoms. The molecular weight excluding hydrogens is 334 g/mol. The highest BCUT2D eigenvalue weighted by Gasteiger charge is 2.24. The lowest BCUT2D eigenvalue weighted by molar-refractivity contribution is -0.0680. The first-order chi connectivity index (χ1) is 12.4. The molecule has 7 heteroatoms. The molecule has 1 aliphatic heterocycles. The fourth-order valence-corrected chi connectivity index (χ4v) is 3.59. The van der Waals surface area contributed by atoms with Crippen LogP contribution in [0, 0.1) is 6.92 Å². The van der Waals surface area contributed by atoms with Crippen LogP contribution in [0.25, 0.3) is 0 Å². The minimum absolute atomic E-state index is 0.184. The lowest BCUT2D eigenvalue weighted by atomic mass is 10.1. The van der Waals surface area contributed by atoms with Crippen molar-refractivity contribution in [1.82, 2.24) is 15.2 Å². The minimum Gasteiger partial charge on any atom is -0.465 e. The van der Waals surface area contributed by atoms with Crippen LogP contribution in [-0.2, 0) is 15.9 Å². The van der Waals surface area contributed by atoms with Crippen LogP contribution in [0.1, 0.15) is 59.3 Å². The number of carbonyl (C=O) groups is 2. The molecular formula is C19H31N3O4. The molecule has 0 bridgehead atoms. The molecule has 26 heavy (non-hydrogen) atoms. The first-order valence-electron chi connectivity index (χ1n) is 9.33. The highest BCUT2D eigenvalue weighted by Crippen LogP contribution is 2.20. The number of esters is 1. The van der Waals surface area contributed by atoms with Crippen LogP contribution in [-0.4, -0.2) is 67.3 Å². The van der Waals surface area contributed by atoms with Crippen molar-refractivity contribution in [3.63, 3.8) is 0 Å². The van der Waals surface area contributed by atoms with E-state index in [-0.39, 0.29) is 18.1 Å². The van der Waals surface area contributed by atoms with Gasteiger partial charge in [0.05, 0.1) is 24.9 Å². The number of nitrogens with zero attached hydrogens (tertiary/aromatic N) is 1. The van der Waals surface area contributed by atoms with Gasteiger partial charge in [-0.05, 0) is 39.2 Å². The molecule has 1 aromatic rings. The first kappa shape index (κ1) is 20.5. The number of nitrogens with one attached hydrogen (secondary N) is 2. The normalized spacial score (nSPS) is 20.8. The monoisotopic (exact) mass is 365 g/mol. The van der Waals surface area contributed by atoms with E-state index in [2.05, 4.69) is 29.0 Å². The van der Waals surface area contributed by atoms with E-state index in [1.54, 1.807) is 6.92 Å². The molecule has 146 valence electrons. The van der Waals surface area contributed by atoms with Crippen LogP contribution in [0.15, 0.2) is 0 Å². The lowest BCUT2D eigenvalue weighted by Gasteiger charge is -2.35. The van der Waals surface area contributed by atoms with E-state index >= 15 is 0 Å². The molecule has 2 atom stereocenters. The summed E-state index contributed by atoms with van der Waals surface area (Å²) in [6, 6.07) is 0. The molecule has 1 amide bonds. The lowest BCUT2D eigenvalue weighted by Crippen LogP contribution is -2.46. The van der Waals surface area contributed by atoms with Crippen molar-refractivity contribution < 1.29 is 19.1 Å². The van der Waals surface area contributed by atoms with Crippen LogP contribution < -0.4 is 5.32 Å². The Morgan fingerprint density at radius 2 is 1.96 bits per heavy atom. The molecule has 2 rings (SSSR count). The fourth-order valence-electron chi connectivity index (χ4n) is 3.59. The second-order valence-corrected chi connectivity index (χ2v) is 6.95. The molecule has 0 radical (unpaired) electrons. The summed E-state index contributed by atoms with van der Waals surface area (Å²) < 4.78 is 10.6. The highest BCUT2D eigenvalue weighted by molar-refractivity contribution is 6.00. The maximum Gasteiger partial charge on any atom is 0.339 e. The Morgan fingerprint density at radius 1 is 1.31 bits per heavy atom. The zero-order chi connectivity index (χ0) is 19.3. The number of aromatic amines is 1. The Balaban J connectivity index is 1.88. The highest BCUT2D eigenvalue weighted by atomic mass is 16.5. The van der Waals surface area contributed by atoms with E-state index in [4.69, 9.17) is 9.47 Å². The smallest absolute Gasteiger partial charge is 0.339 e. The molecule has 1 fully saturated rings. The molecule has 0 saturated carbocycles. The molecule has 7 nitrogen and oxygen atoms in total. The first-order valence-corrected chi connectivity index (χ1v) is 9.33. The van der Waals surface area contributed by atoms with Crippen LogP contribution in [0.2, 0.25) is 0 Å². The SMILES string of the molecule is CCc1[nH]c(C(=O)NCCCN2CC(C)OC(C)C2)c(C)c1C(=O)OC. The van der Waals surface area contributed by atoms with Gasteiger partial charge in [0.15, 0.2) is 0 Å². The number of carbonyl (C=O) groups excluding carboxylic acids is 2. The molecule has 2 N–H and O–H groups in total. The molecule has 2 heterocycles. The zero-order valence-electron chi connectivity index (χ0n) is 16.5. The van der Waals surface area contributed by atoms with Gasteiger partial charge in [-0.25, -0.2) is 4.79 Å². The van der Waals surface area contributed by atoms with E-state index in [0.717, 1.165) is 31.7 Å². The number of hydrogen-bond donors (Lipinski definition) is 2. The molecule has 2 unspecified atom stereocenters. The molecule has 0 aliphatic carbocycles. The number of hydrogen-bond acceptors (Lipinski definition) is 5. The predicted molar refractivity (Wildman–Crippen MR) is 99.6 cm³/mol. The maximum absolute atomic E-state index is 12.5. The zero-order valence-corrected chi connectivity index (χ0v) is 16.5. The average molecular weight is 365 g/mol. The van der Waals surface area contributed by atoms with Gasteiger partial charge in [0.25, 0.3) is 5.91 Å². The number of morpholine rings is 1. The van der Waals surface area contributed by atoms with Gasteiger partial charge in [0.1, 0.15) is 5.69 Å². The van der Waals surface area contributed by atoms with E-state index in [9.17, 15) is 9.59 Å². The van der Waals surface area contributed by atoms with E-state index in [1.165, 1.54) is 7.11 Å². The Labute approximate surface area is 155 Å². The van der Waals surface area contributed by atoms with Crippen LogP contribution in [0.5, 0.6) is 0 Å². The summed E-state index contributed by atoms with van der Waals surface area (Å²) in [4.78, 5) is 29.9. The molecule has 1 aliphatic rings. The number of ether oxygens (including phenoxy) is 2. The van der Waals surface area contributed by atoms with Crippen LogP contribution in [0.4, 0.5) is 0 Å². The van der Waals surface area contributed by atoms with Crippen molar-refractivity contribution in [3.05, 3.63) is 22.5 Å². The summed E-state index contributed by atoms with van der Waals surface area (Å²) in [5.74, 6) is -0.596. The van der Waals surface area contributed by atoms with Crippen molar-refractivity contribution in [2.75, 3.05) is 33.3 Å². The number of aromatic nitrogens is 1. The van der Waals surface area contributed by atoms with Crippen molar-refractivity contribution in [2.45, 2.75) is 52.7 Å². The van der Waals surface area contributed by atoms with Crippen molar-refractivity contribution in [1.29, 1.82) is 0 Å². The third-order valence-corrected chi connectivity index (χ3v) is 4.73. The topological polar surface area (TPSA) is 83.7 Å². The number of rotatable bonds is 7. The Hall–Kier alpha value is -1.86. The summed E-state index contributed by atoms with van der Waals surface area (Å²) in [5, 5.41) is 2.94.